The second-order valence-electron chi connectivity index (χ2n) is 6.60. The number of nitrogens with one attached hydrogen (secondary N) is 1. The largest absolute Gasteiger partial charge is 0.449 e. The van der Waals surface area contributed by atoms with Gasteiger partial charge in [-0.1, -0.05) is 0 Å². The van der Waals surface area contributed by atoms with Crippen LogP contribution in [0.1, 0.15) is 37.2 Å². The van der Waals surface area contributed by atoms with Crippen LogP contribution in [0.4, 0.5) is 5.82 Å². The lowest BCUT2D eigenvalue weighted by molar-refractivity contribution is -0.123. The Bertz CT molecular complexity index is 949. The van der Waals surface area contributed by atoms with Crippen LogP contribution in [0, 0.1) is 0 Å². The number of carbonyl (C=O) groups is 2. The molecule has 0 aliphatic rings. The summed E-state index contributed by atoms with van der Waals surface area (Å²) in [5, 5.41) is 6.79. The van der Waals surface area contributed by atoms with E-state index in [0.717, 1.165) is 4.31 Å². The Morgan fingerprint density at radius 1 is 1.11 bits per heavy atom. The highest BCUT2D eigenvalue weighted by Crippen LogP contribution is 2.16. The average Bonchev–Trinajstić information content (AvgIpc) is 3.09. The first-order chi connectivity index (χ1) is 13.0. The molecule has 2 aromatic rings. The molecule has 0 unspecified atom stereocenters. The van der Waals surface area contributed by atoms with E-state index in [-0.39, 0.29) is 16.5 Å². The minimum Gasteiger partial charge on any atom is -0.449 e. The molecule has 0 radical (unpaired) electrons. The topological polar surface area (TPSA) is 111 Å². The molecule has 10 heteroatoms. The van der Waals surface area contributed by atoms with Crippen LogP contribution in [0.2, 0.25) is 0 Å². The van der Waals surface area contributed by atoms with Gasteiger partial charge in [-0.05, 0) is 45.0 Å². The minimum absolute atomic E-state index is 0.0557. The van der Waals surface area contributed by atoms with Crippen molar-refractivity contribution in [2.24, 2.45) is 0 Å². The molecule has 0 fully saturated rings. The lowest BCUT2D eigenvalue weighted by Crippen LogP contribution is -2.31. The second kappa shape index (κ2) is 8.53. The number of hydrogen-bond donors (Lipinski definition) is 1. The molecule has 1 aromatic carbocycles. The van der Waals surface area contributed by atoms with Gasteiger partial charge < -0.3 is 10.1 Å². The molecule has 0 saturated heterocycles. The highest BCUT2D eigenvalue weighted by Gasteiger charge is 2.22. The van der Waals surface area contributed by atoms with Crippen LogP contribution in [0.3, 0.4) is 0 Å². The molecule has 0 saturated carbocycles. The summed E-state index contributed by atoms with van der Waals surface area (Å²) in [6.45, 7) is 5.30. The number of sulfonamides is 1. The van der Waals surface area contributed by atoms with Crippen molar-refractivity contribution in [2.75, 3.05) is 19.4 Å². The van der Waals surface area contributed by atoms with Crippen molar-refractivity contribution >= 4 is 27.7 Å². The van der Waals surface area contributed by atoms with Crippen molar-refractivity contribution in [3.05, 3.63) is 42.1 Å². The van der Waals surface area contributed by atoms with Gasteiger partial charge in [-0.2, -0.15) is 5.10 Å². The van der Waals surface area contributed by atoms with Gasteiger partial charge in [0.15, 0.2) is 6.10 Å². The maximum absolute atomic E-state index is 12.3. The summed E-state index contributed by atoms with van der Waals surface area (Å²) in [6.07, 6.45) is 0.517. The third kappa shape index (κ3) is 4.76. The third-order valence-electron chi connectivity index (χ3n) is 3.93. The van der Waals surface area contributed by atoms with E-state index in [1.165, 1.54) is 45.3 Å². The summed E-state index contributed by atoms with van der Waals surface area (Å²) in [5.74, 6) is -0.725. The first-order valence-electron chi connectivity index (χ1n) is 8.62. The van der Waals surface area contributed by atoms with Gasteiger partial charge in [0, 0.05) is 26.2 Å². The number of anilines is 1. The van der Waals surface area contributed by atoms with Crippen LogP contribution in [0.5, 0.6) is 0 Å². The van der Waals surface area contributed by atoms with Crippen LogP contribution in [-0.4, -0.2) is 54.6 Å². The number of aromatic nitrogens is 2. The van der Waals surface area contributed by atoms with Crippen molar-refractivity contribution in [3.8, 4) is 0 Å². The first kappa shape index (κ1) is 21.6. The van der Waals surface area contributed by atoms with E-state index >= 15 is 0 Å². The molecule has 0 aliphatic carbocycles. The number of nitrogens with zero attached hydrogens (tertiary/aromatic N) is 3. The fraction of sp³-hybridized carbons (Fsp3) is 0.389. The zero-order valence-electron chi connectivity index (χ0n) is 16.4. The average molecular weight is 408 g/mol. The van der Waals surface area contributed by atoms with Crippen LogP contribution in [-0.2, 0) is 19.6 Å². The molecule has 1 N–H and O–H groups in total. The number of hydrogen-bond acceptors (Lipinski definition) is 6. The van der Waals surface area contributed by atoms with E-state index in [9.17, 15) is 18.0 Å². The van der Waals surface area contributed by atoms with Crippen molar-refractivity contribution in [1.29, 1.82) is 0 Å². The molecule has 0 spiro atoms. The Morgan fingerprint density at radius 3 is 2.25 bits per heavy atom. The number of esters is 1. The van der Waals surface area contributed by atoms with E-state index in [1.807, 2.05) is 13.8 Å². The molecule has 28 heavy (non-hydrogen) atoms. The quantitative estimate of drug-likeness (QED) is 0.701. The smallest absolute Gasteiger partial charge is 0.338 e. The normalized spacial score (nSPS) is 12.8. The Morgan fingerprint density at radius 2 is 1.71 bits per heavy atom. The van der Waals surface area contributed by atoms with Crippen molar-refractivity contribution in [1.82, 2.24) is 14.1 Å². The lowest BCUT2D eigenvalue weighted by atomic mass is 10.2. The second-order valence-corrected chi connectivity index (χ2v) is 8.76. The Labute approximate surface area is 164 Å². The standard InChI is InChI=1S/C18H24N4O5S/c1-12(2)22-16(10-11-19-22)20-17(23)13(3)27-18(24)14-6-8-15(9-7-14)28(25,26)21(4)5/h6-13H,1-5H3,(H,20,23)/t13-/m1/s1. The molecule has 1 aromatic heterocycles. The van der Waals surface area contributed by atoms with Gasteiger partial charge in [0.05, 0.1) is 16.7 Å². The van der Waals surface area contributed by atoms with Gasteiger partial charge in [-0.3, -0.25) is 4.79 Å². The van der Waals surface area contributed by atoms with Gasteiger partial charge in [-0.25, -0.2) is 22.2 Å². The first-order valence-corrected chi connectivity index (χ1v) is 10.1. The van der Waals surface area contributed by atoms with Gasteiger partial charge in [0.1, 0.15) is 5.82 Å². The highest BCUT2D eigenvalue weighted by molar-refractivity contribution is 7.89. The summed E-state index contributed by atoms with van der Waals surface area (Å²) in [5.41, 5.74) is 0.143. The van der Waals surface area contributed by atoms with E-state index in [4.69, 9.17) is 4.74 Å². The lowest BCUT2D eigenvalue weighted by Gasteiger charge is -2.16. The van der Waals surface area contributed by atoms with Gasteiger partial charge in [-0.15, -0.1) is 0 Å². The SMILES string of the molecule is CC(C)n1nccc1NC(=O)[C@@H](C)OC(=O)c1ccc(S(=O)(=O)N(C)C)cc1. The van der Waals surface area contributed by atoms with Gasteiger partial charge in [0.25, 0.3) is 5.91 Å². The van der Waals surface area contributed by atoms with Crippen LogP contribution in [0.15, 0.2) is 41.4 Å². The van der Waals surface area contributed by atoms with Gasteiger partial charge in [0.2, 0.25) is 10.0 Å². The van der Waals surface area contributed by atoms with Crippen LogP contribution >= 0.6 is 0 Å². The molecule has 0 aliphatic heterocycles. The fourth-order valence-electron chi connectivity index (χ4n) is 2.31. The van der Waals surface area contributed by atoms with Crippen LogP contribution < -0.4 is 5.32 Å². The monoisotopic (exact) mass is 408 g/mol. The molecule has 9 nitrogen and oxygen atoms in total. The Hall–Kier alpha value is -2.72. The molecular weight excluding hydrogens is 384 g/mol. The van der Waals surface area contributed by atoms with Crippen molar-refractivity contribution < 1.29 is 22.7 Å². The molecule has 0 bridgehead atoms. The summed E-state index contributed by atoms with van der Waals surface area (Å²) in [6, 6.07) is 7.03. The number of ether oxygens (including phenoxy) is 1. The molecule has 2 rings (SSSR count). The predicted octanol–water partition coefficient (Wildman–Crippen LogP) is 1.90. The molecule has 1 heterocycles. The molecular formula is C18H24N4O5S. The zero-order valence-corrected chi connectivity index (χ0v) is 17.2. The van der Waals surface area contributed by atoms with Crippen molar-refractivity contribution in [2.45, 2.75) is 37.8 Å². The van der Waals surface area contributed by atoms with E-state index < -0.39 is 28.0 Å². The minimum atomic E-state index is -3.59. The molecule has 1 atom stereocenters. The Balaban J connectivity index is 2.03. The van der Waals surface area contributed by atoms with E-state index in [2.05, 4.69) is 10.4 Å². The number of benzene rings is 1. The highest BCUT2D eigenvalue weighted by atomic mass is 32.2. The number of carbonyl (C=O) groups excluding carboxylic acids is 2. The maximum Gasteiger partial charge on any atom is 0.338 e. The summed E-state index contributed by atoms with van der Waals surface area (Å²) < 4.78 is 32.0. The Kier molecular flexibility index (Phi) is 6.57. The molecule has 1 amide bonds. The summed E-state index contributed by atoms with van der Waals surface area (Å²) in [4.78, 5) is 24.6. The van der Waals surface area contributed by atoms with E-state index in [1.54, 1.807) is 16.9 Å². The van der Waals surface area contributed by atoms with Crippen molar-refractivity contribution in [3.63, 3.8) is 0 Å². The summed E-state index contributed by atoms with van der Waals surface area (Å²) >= 11 is 0. The third-order valence-corrected chi connectivity index (χ3v) is 5.76. The predicted molar refractivity (Wildman–Crippen MR) is 103 cm³/mol. The number of amides is 1. The fourth-order valence-corrected chi connectivity index (χ4v) is 3.21. The summed E-state index contributed by atoms with van der Waals surface area (Å²) in [7, 11) is -0.748. The van der Waals surface area contributed by atoms with E-state index in [0.29, 0.717) is 5.82 Å². The van der Waals surface area contributed by atoms with Crippen LogP contribution in [0.25, 0.3) is 0 Å². The maximum atomic E-state index is 12.3. The molecule has 152 valence electrons. The zero-order chi connectivity index (χ0) is 21.1. The number of rotatable bonds is 7. The van der Waals surface area contributed by atoms with Gasteiger partial charge >= 0.3 is 5.97 Å².